The molecule has 0 radical (unpaired) electrons. The number of para-hydroxylation sites is 1. The Morgan fingerprint density at radius 2 is 1.83 bits per heavy atom. The molecule has 6 nitrogen and oxygen atoms in total. The van der Waals surface area contributed by atoms with Crippen LogP contribution >= 0.6 is 11.6 Å². The van der Waals surface area contributed by atoms with Gasteiger partial charge in [0.1, 0.15) is 11.5 Å². The van der Waals surface area contributed by atoms with Gasteiger partial charge in [-0.1, -0.05) is 29.8 Å². The highest BCUT2D eigenvalue weighted by Gasteiger charge is 2.24. The average Bonchev–Trinajstić information content (AvgIpc) is 3.15. The van der Waals surface area contributed by atoms with Gasteiger partial charge in [-0.15, -0.1) is 0 Å². The minimum absolute atomic E-state index is 0.0353. The van der Waals surface area contributed by atoms with Crippen molar-refractivity contribution in [3.63, 3.8) is 0 Å². The maximum atomic E-state index is 13.2. The number of H-pyrrole nitrogens is 1. The van der Waals surface area contributed by atoms with Gasteiger partial charge in [0.15, 0.2) is 0 Å². The molecule has 29 heavy (non-hydrogen) atoms. The summed E-state index contributed by atoms with van der Waals surface area (Å²) in [5.74, 6) is -0.769. The third kappa shape index (κ3) is 4.41. The van der Waals surface area contributed by atoms with Crippen LogP contribution in [0.4, 0.5) is 10.1 Å². The number of anilines is 1. The molecule has 0 spiro atoms. The van der Waals surface area contributed by atoms with Gasteiger partial charge >= 0.3 is 0 Å². The summed E-state index contributed by atoms with van der Waals surface area (Å²) in [4.78, 5) is 31.9. The maximum Gasteiger partial charge on any atom is 0.270 e. The summed E-state index contributed by atoms with van der Waals surface area (Å²) >= 11 is 5.73. The zero-order valence-electron chi connectivity index (χ0n) is 15.6. The van der Waals surface area contributed by atoms with Crippen LogP contribution in [0.5, 0.6) is 0 Å². The predicted molar refractivity (Wildman–Crippen MR) is 111 cm³/mol. The first-order chi connectivity index (χ1) is 14.0. The van der Waals surface area contributed by atoms with Crippen LogP contribution in [0.1, 0.15) is 10.5 Å². The summed E-state index contributed by atoms with van der Waals surface area (Å²) in [6.07, 6.45) is 0. The first kappa shape index (κ1) is 19.4. The molecule has 1 aromatic heterocycles. The smallest absolute Gasteiger partial charge is 0.270 e. The second-order valence-corrected chi connectivity index (χ2v) is 7.42. The van der Waals surface area contributed by atoms with E-state index in [-0.39, 0.29) is 23.4 Å². The number of rotatable bonds is 4. The molecule has 3 aromatic rings. The molecule has 0 saturated carbocycles. The number of amides is 2. The first-order valence-electron chi connectivity index (χ1n) is 9.34. The van der Waals surface area contributed by atoms with Gasteiger partial charge < -0.3 is 15.2 Å². The maximum absolute atomic E-state index is 13.2. The van der Waals surface area contributed by atoms with Crippen molar-refractivity contribution < 1.29 is 14.0 Å². The Hall–Kier alpha value is -2.90. The predicted octanol–water partition coefficient (Wildman–Crippen LogP) is 3.36. The monoisotopic (exact) mass is 414 g/mol. The molecule has 0 bridgehead atoms. The summed E-state index contributed by atoms with van der Waals surface area (Å²) in [5, 5.41) is 3.69. The molecule has 2 amide bonds. The van der Waals surface area contributed by atoms with Gasteiger partial charge in [0.05, 0.1) is 11.6 Å². The standard InChI is InChI=1S/C21H20ClFN4O2/c22-16-12-15(5-6-17(16)23)24-20(28)13-26-7-9-27(10-8-26)21(29)19-11-14-3-1-2-4-18(14)25-19/h1-6,11-12,25H,7-10,13H2,(H,24,28). The van der Waals surface area contributed by atoms with Crippen LogP contribution < -0.4 is 5.32 Å². The number of fused-ring (bicyclic) bond motifs is 1. The van der Waals surface area contributed by atoms with Gasteiger partial charge in [-0.25, -0.2) is 4.39 Å². The van der Waals surface area contributed by atoms with Crippen LogP contribution in [0.2, 0.25) is 5.02 Å². The Bertz CT molecular complexity index is 1030. The van der Waals surface area contributed by atoms with Gasteiger partial charge in [0.2, 0.25) is 5.91 Å². The van der Waals surface area contributed by atoms with Crippen LogP contribution in [0.25, 0.3) is 10.9 Å². The number of hydrogen-bond donors (Lipinski definition) is 2. The van der Waals surface area contributed by atoms with Crippen molar-refractivity contribution in [1.82, 2.24) is 14.8 Å². The van der Waals surface area contributed by atoms with Crippen molar-refractivity contribution in [1.29, 1.82) is 0 Å². The molecule has 1 saturated heterocycles. The minimum atomic E-state index is -0.527. The second kappa shape index (κ2) is 8.23. The van der Waals surface area contributed by atoms with Crippen molar-refractivity contribution in [2.24, 2.45) is 0 Å². The van der Waals surface area contributed by atoms with Crippen molar-refractivity contribution in [3.8, 4) is 0 Å². The van der Waals surface area contributed by atoms with Gasteiger partial charge in [-0.05, 0) is 30.3 Å². The van der Waals surface area contributed by atoms with Crippen molar-refractivity contribution >= 4 is 40.0 Å². The quantitative estimate of drug-likeness (QED) is 0.688. The minimum Gasteiger partial charge on any atom is -0.351 e. The Morgan fingerprint density at radius 1 is 1.07 bits per heavy atom. The van der Waals surface area contributed by atoms with E-state index in [2.05, 4.69) is 10.3 Å². The van der Waals surface area contributed by atoms with E-state index in [0.717, 1.165) is 10.9 Å². The number of aromatic nitrogens is 1. The third-order valence-electron chi connectivity index (χ3n) is 4.99. The summed E-state index contributed by atoms with van der Waals surface area (Å²) < 4.78 is 13.2. The molecule has 2 N–H and O–H groups in total. The van der Waals surface area contributed by atoms with E-state index in [1.54, 1.807) is 4.90 Å². The highest BCUT2D eigenvalue weighted by atomic mass is 35.5. The van der Waals surface area contributed by atoms with E-state index >= 15 is 0 Å². The number of aromatic amines is 1. The van der Waals surface area contributed by atoms with Crippen LogP contribution in [-0.2, 0) is 4.79 Å². The third-order valence-corrected chi connectivity index (χ3v) is 5.28. The number of hydrogen-bond acceptors (Lipinski definition) is 3. The van der Waals surface area contributed by atoms with Gasteiger partial charge in [-0.2, -0.15) is 0 Å². The van der Waals surface area contributed by atoms with Crippen molar-refractivity contribution in [2.45, 2.75) is 0 Å². The largest absolute Gasteiger partial charge is 0.351 e. The Kier molecular flexibility index (Phi) is 5.51. The summed E-state index contributed by atoms with van der Waals surface area (Å²) in [7, 11) is 0. The molecule has 0 aliphatic carbocycles. The van der Waals surface area contributed by atoms with Crippen molar-refractivity contribution in [3.05, 3.63) is 65.1 Å². The lowest BCUT2D eigenvalue weighted by Gasteiger charge is -2.34. The van der Waals surface area contributed by atoms with Gasteiger partial charge in [-0.3, -0.25) is 14.5 Å². The number of nitrogens with zero attached hydrogens (tertiary/aromatic N) is 2. The van der Waals surface area contributed by atoms with E-state index in [0.29, 0.717) is 37.6 Å². The molecule has 1 aliphatic heterocycles. The van der Waals surface area contributed by atoms with Gasteiger partial charge in [0.25, 0.3) is 5.91 Å². The van der Waals surface area contributed by atoms with Crippen LogP contribution in [0, 0.1) is 5.82 Å². The van der Waals surface area contributed by atoms with E-state index in [9.17, 15) is 14.0 Å². The summed E-state index contributed by atoms with van der Waals surface area (Å²) in [6, 6.07) is 13.7. The van der Waals surface area contributed by atoms with Crippen molar-refractivity contribution in [2.75, 3.05) is 38.0 Å². The molecular weight excluding hydrogens is 395 g/mol. The topological polar surface area (TPSA) is 68.4 Å². The fourth-order valence-corrected chi connectivity index (χ4v) is 3.63. The van der Waals surface area contributed by atoms with Gasteiger partial charge in [0, 0.05) is 42.8 Å². The average molecular weight is 415 g/mol. The molecule has 2 aromatic carbocycles. The Labute approximate surface area is 172 Å². The van der Waals surface area contributed by atoms with E-state index in [1.165, 1.54) is 18.2 Å². The molecular formula is C21H20ClFN4O2. The van der Waals surface area contributed by atoms with Crippen LogP contribution in [0.15, 0.2) is 48.5 Å². The van der Waals surface area contributed by atoms with E-state index in [4.69, 9.17) is 11.6 Å². The number of piperazine rings is 1. The molecule has 1 aliphatic rings. The number of benzene rings is 2. The zero-order chi connectivity index (χ0) is 20.4. The molecule has 4 rings (SSSR count). The van der Waals surface area contributed by atoms with E-state index in [1.807, 2.05) is 35.2 Å². The van der Waals surface area contributed by atoms with Crippen LogP contribution in [0.3, 0.4) is 0 Å². The fraction of sp³-hybridized carbons (Fsp3) is 0.238. The number of carbonyl (C=O) groups is 2. The lowest BCUT2D eigenvalue weighted by molar-refractivity contribution is -0.117. The zero-order valence-corrected chi connectivity index (χ0v) is 16.4. The number of halogens is 2. The second-order valence-electron chi connectivity index (χ2n) is 7.02. The first-order valence-corrected chi connectivity index (χ1v) is 9.72. The Morgan fingerprint density at radius 3 is 2.55 bits per heavy atom. The lowest BCUT2D eigenvalue weighted by atomic mass is 10.2. The SMILES string of the molecule is O=C(CN1CCN(C(=O)c2cc3ccccc3[nH]2)CC1)Nc1ccc(F)c(Cl)c1. The molecule has 8 heteroatoms. The molecule has 150 valence electrons. The number of carbonyl (C=O) groups excluding carboxylic acids is 2. The molecule has 0 atom stereocenters. The fourth-order valence-electron chi connectivity index (χ4n) is 3.45. The molecule has 0 unspecified atom stereocenters. The lowest BCUT2D eigenvalue weighted by Crippen LogP contribution is -2.50. The van der Waals surface area contributed by atoms with E-state index < -0.39 is 5.82 Å². The summed E-state index contributed by atoms with van der Waals surface area (Å²) in [6.45, 7) is 2.49. The Balaban J connectivity index is 1.30. The molecule has 2 heterocycles. The highest BCUT2D eigenvalue weighted by molar-refractivity contribution is 6.31. The summed E-state index contributed by atoms with van der Waals surface area (Å²) in [5.41, 5.74) is 1.96. The number of nitrogens with one attached hydrogen (secondary N) is 2. The normalized spacial score (nSPS) is 14.9. The van der Waals surface area contributed by atoms with Crippen LogP contribution in [-0.4, -0.2) is 59.3 Å². The molecule has 1 fully saturated rings. The highest BCUT2D eigenvalue weighted by Crippen LogP contribution is 2.20.